The molecule has 0 aliphatic carbocycles. The Labute approximate surface area is 226 Å². The molecule has 0 unspecified atom stereocenters. The zero-order valence-corrected chi connectivity index (χ0v) is 21.9. The maximum absolute atomic E-state index is 13.1. The first-order chi connectivity index (χ1) is 18.5. The summed E-state index contributed by atoms with van der Waals surface area (Å²) in [4.78, 5) is 50.8. The number of amides is 1. The van der Waals surface area contributed by atoms with Gasteiger partial charge >= 0.3 is 17.9 Å². The number of rotatable bonds is 11. The van der Waals surface area contributed by atoms with E-state index in [1.165, 1.54) is 37.4 Å². The number of terminal acetylenes is 1. The van der Waals surface area contributed by atoms with Crippen LogP contribution in [0, 0.1) is 17.8 Å². The molecule has 0 aliphatic heterocycles. The Morgan fingerprint density at radius 3 is 2.15 bits per heavy atom. The monoisotopic (exact) mass is 531 g/mol. The first-order valence-electron chi connectivity index (χ1n) is 11.8. The number of hydrogen-bond donors (Lipinski definition) is 2. The second-order valence-corrected chi connectivity index (χ2v) is 8.11. The molecule has 1 amide bonds. The van der Waals surface area contributed by atoms with Crippen LogP contribution in [0.25, 0.3) is 6.08 Å². The van der Waals surface area contributed by atoms with Gasteiger partial charge in [-0.1, -0.05) is 18.1 Å². The Kier molecular flexibility index (Phi) is 11.2. The molecule has 0 bridgehead atoms. The van der Waals surface area contributed by atoms with Crippen LogP contribution in [0.3, 0.4) is 0 Å². The van der Waals surface area contributed by atoms with Gasteiger partial charge in [-0.15, -0.1) is 6.42 Å². The smallest absolute Gasteiger partial charge is 0.343 e. The summed E-state index contributed by atoms with van der Waals surface area (Å²) < 4.78 is 15.1. The minimum Gasteiger partial charge on any atom is -0.463 e. The largest absolute Gasteiger partial charge is 0.463 e. The van der Waals surface area contributed by atoms with Crippen LogP contribution < -0.4 is 10.5 Å². The van der Waals surface area contributed by atoms with E-state index in [0.29, 0.717) is 16.9 Å². The maximum Gasteiger partial charge on any atom is 0.343 e. The molecule has 0 saturated carbocycles. The van der Waals surface area contributed by atoms with E-state index < -0.39 is 30.4 Å². The van der Waals surface area contributed by atoms with Crippen molar-refractivity contribution in [1.82, 2.24) is 4.90 Å². The molecular formula is C29H29N3O7. The van der Waals surface area contributed by atoms with Gasteiger partial charge in [0.05, 0.1) is 17.7 Å². The minimum atomic E-state index is -0.749. The Morgan fingerprint density at radius 1 is 0.974 bits per heavy atom. The van der Waals surface area contributed by atoms with E-state index in [1.807, 2.05) is 0 Å². The fourth-order valence-electron chi connectivity index (χ4n) is 3.14. The van der Waals surface area contributed by atoms with Gasteiger partial charge in [-0.05, 0) is 68.8 Å². The number of nitrogens with one attached hydrogen (secondary N) is 1. The Bertz CT molecular complexity index is 1330. The fourth-order valence-corrected chi connectivity index (χ4v) is 3.14. The lowest BCUT2D eigenvalue weighted by atomic mass is 10.1. The predicted octanol–water partition coefficient (Wildman–Crippen LogP) is 3.07. The average Bonchev–Trinajstić information content (AvgIpc) is 2.91. The molecule has 2 aromatic rings. The van der Waals surface area contributed by atoms with Crippen LogP contribution in [-0.2, 0) is 23.9 Å². The van der Waals surface area contributed by atoms with Gasteiger partial charge in [0.1, 0.15) is 18.1 Å². The minimum absolute atomic E-state index is 0.0950. The normalized spacial score (nSPS) is 11.1. The highest BCUT2D eigenvalue weighted by molar-refractivity contribution is 6.00. The lowest BCUT2D eigenvalue weighted by Crippen LogP contribution is -2.33. The maximum atomic E-state index is 13.1. The van der Waals surface area contributed by atoms with Crippen molar-refractivity contribution in [2.75, 3.05) is 19.8 Å². The van der Waals surface area contributed by atoms with Crippen LogP contribution in [0.15, 0.2) is 65.9 Å². The van der Waals surface area contributed by atoms with Gasteiger partial charge in [0.15, 0.2) is 6.61 Å². The van der Waals surface area contributed by atoms with Crippen LogP contribution in [0.4, 0.5) is 0 Å². The van der Waals surface area contributed by atoms with E-state index in [9.17, 15) is 19.2 Å². The molecule has 10 nitrogen and oxygen atoms in total. The molecule has 0 fully saturated rings. The molecule has 39 heavy (non-hydrogen) atoms. The van der Waals surface area contributed by atoms with Crippen molar-refractivity contribution in [3.05, 3.63) is 82.6 Å². The topological polar surface area (TPSA) is 149 Å². The Morgan fingerprint density at radius 2 is 1.59 bits per heavy atom. The average molecular weight is 532 g/mol. The Balaban J connectivity index is 2.18. The molecule has 0 atom stereocenters. The Hall–Kier alpha value is -5.17. The van der Waals surface area contributed by atoms with E-state index >= 15 is 0 Å². The first kappa shape index (κ1) is 30.1. The number of hydrogen-bond acceptors (Lipinski definition) is 8. The van der Waals surface area contributed by atoms with Crippen molar-refractivity contribution >= 4 is 35.7 Å². The number of amidine groups is 1. The summed E-state index contributed by atoms with van der Waals surface area (Å²) in [6.07, 6.45) is 7.89. The summed E-state index contributed by atoms with van der Waals surface area (Å²) in [6.45, 7) is 4.07. The van der Waals surface area contributed by atoms with Crippen molar-refractivity contribution in [1.29, 1.82) is 5.41 Å². The van der Waals surface area contributed by atoms with Crippen molar-refractivity contribution in [2.24, 2.45) is 5.73 Å². The molecule has 0 aliphatic rings. The summed E-state index contributed by atoms with van der Waals surface area (Å²) in [7, 11) is 0. The summed E-state index contributed by atoms with van der Waals surface area (Å²) in [5.41, 5.74) is 7.16. The molecule has 0 aromatic heterocycles. The molecule has 0 saturated heterocycles. The zero-order valence-electron chi connectivity index (χ0n) is 21.9. The molecule has 0 spiro atoms. The molecule has 202 valence electrons. The van der Waals surface area contributed by atoms with Gasteiger partial charge in [0.25, 0.3) is 5.91 Å². The molecular weight excluding hydrogens is 502 g/mol. The number of benzene rings is 2. The second-order valence-electron chi connectivity index (χ2n) is 8.11. The molecule has 2 rings (SSSR count). The van der Waals surface area contributed by atoms with Crippen LogP contribution in [0.1, 0.15) is 42.3 Å². The highest BCUT2D eigenvalue weighted by atomic mass is 16.5. The zero-order chi connectivity index (χ0) is 28.9. The lowest BCUT2D eigenvalue weighted by Gasteiger charge is -2.19. The van der Waals surface area contributed by atoms with E-state index in [0.717, 1.165) is 4.90 Å². The summed E-state index contributed by atoms with van der Waals surface area (Å²) in [5, 5.41) is 7.41. The summed E-state index contributed by atoms with van der Waals surface area (Å²) >= 11 is 0. The van der Waals surface area contributed by atoms with Gasteiger partial charge in [-0.25, -0.2) is 9.59 Å². The predicted molar refractivity (Wildman–Crippen MR) is 144 cm³/mol. The van der Waals surface area contributed by atoms with Gasteiger partial charge in [-0.2, -0.15) is 0 Å². The van der Waals surface area contributed by atoms with Crippen molar-refractivity contribution < 1.29 is 33.4 Å². The summed E-state index contributed by atoms with van der Waals surface area (Å²) in [6, 6.07) is 12.5. The van der Waals surface area contributed by atoms with Crippen LogP contribution >= 0.6 is 0 Å². The van der Waals surface area contributed by atoms with E-state index in [4.69, 9.17) is 31.8 Å². The van der Waals surface area contributed by atoms with Crippen molar-refractivity contribution in [2.45, 2.75) is 20.8 Å². The third-order valence-corrected chi connectivity index (χ3v) is 5.07. The quantitative estimate of drug-likeness (QED) is 0.112. The number of nitrogens with two attached hydrogens (primary N) is 1. The molecule has 3 N–H and O–H groups in total. The first-order valence-corrected chi connectivity index (χ1v) is 11.8. The van der Waals surface area contributed by atoms with E-state index in [2.05, 4.69) is 5.92 Å². The van der Waals surface area contributed by atoms with Crippen LogP contribution in [-0.4, -0.2) is 54.3 Å². The van der Waals surface area contributed by atoms with Gasteiger partial charge < -0.3 is 24.8 Å². The molecule has 2 aromatic carbocycles. The highest BCUT2D eigenvalue weighted by Crippen LogP contribution is 2.16. The number of carbonyl (C=O) groups excluding carboxylic acids is 4. The molecule has 0 radical (unpaired) electrons. The van der Waals surface area contributed by atoms with Crippen molar-refractivity contribution in [3.8, 4) is 18.1 Å². The van der Waals surface area contributed by atoms with E-state index in [-0.39, 0.29) is 35.8 Å². The number of carbonyl (C=O) groups is 4. The summed E-state index contributed by atoms with van der Waals surface area (Å²) in [5.74, 6) is -0.165. The highest BCUT2D eigenvalue weighted by Gasteiger charge is 2.20. The number of nitrogen functional groups attached to an aromatic ring is 1. The third kappa shape index (κ3) is 9.33. The number of nitrogens with zero attached hydrogens (tertiary/aromatic N) is 1. The third-order valence-electron chi connectivity index (χ3n) is 5.07. The van der Waals surface area contributed by atoms with Gasteiger partial charge in [-0.3, -0.25) is 15.0 Å². The van der Waals surface area contributed by atoms with Gasteiger partial charge in [0.2, 0.25) is 0 Å². The van der Waals surface area contributed by atoms with Gasteiger partial charge in [0, 0.05) is 17.3 Å². The lowest BCUT2D eigenvalue weighted by molar-refractivity contribution is -0.146. The number of ether oxygens (including phenoxy) is 3. The van der Waals surface area contributed by atoms with Crippen LogP contribution in [0.5, 0.6) is 5.75 Å². The molecule has 10 heteroatoms. The SMILES string of the molecule is C#CCOC(=O)CN(C=C(C)C(=O)OCC)C(=O)C(C)=Cc1ccc(C(=O)Oc2ccc(C(=N)N)cc2)cc1. The molecule has 0 heterocycles. The number of esters is 3. The fraction of sp³-hybridized carbons (Fsp3) is 0.207. The second kappa shape index (κ2) is 14.5. The van der Waals surface area contributed by atoms with Crippen molar-refractivity contribution in [3.63, 3.8) is 0 Å². The standard InChI is InChI=1S/C29H29N3O7/c1-5-15-38-25(33)18-32(17-20(4)28(35)37-6-2)27(34)19(3)16-21-7-9-23(10-8-21)29(36)39-24-13-11-22(12-14-24)26(30)31/h1,7-14,16-17H,6,15,18H2,2-4H3,(H3,30,31). The van der Waals surface area contributed by atoms with E-state index in [1.54, 1.807) is 44.2 Å². The van der Waals surface area contributed by atoms with Crippen LogP contribution in [0.2, 0.25) is 0 Å².